The Morgan fingerprint density at radius 3 is 2.05 bits per heavy atom. The quantitative estimate of drug-likeness (QED) is 0.249. The molecule has 0 radical (unpaired) electrons. The first-order chi connectivity index (χ1) is 10.7. The first-order valence-corrected chi connectivity index (χ1v) is 8.64. The van der Waals surface area contributed by atoms with Gasteiger partial charge in [-0.3, -0.25) is 0 Å². The van der Waals surface area contributed by atoms with E-state index in [0.29, 0.717) is 12.0 Å². The summed E-state index contributed by atoms with van der Waals surface area (Å²) >= 11 is 0. The lowest BCUT2D eigenvalue weighted by Gasteiger charge is -1.98. The van der Waals surface area contributed by atoms with Crippen molar-refractivity contribution in [2.24, 2.45) is 0 Å². The molecule has 0 atom stereocenters. The van der Waals surface area contributed by atoms with Gasteiger partial charge in [-0.15, -0.1) is 0 Å². The van der Waals surface area contributed by atoms with Crippen LogP contribution in [0.3, 0.4) is 0 Å². The Morgan fingerprint density at radius 2 is 1.41 bits per heavy atom. The van der Waals surface area contributed by atoms with Gasteiger partial charge in [0, 0.05) is 5.57 Å². The zero-order valence-corrected chi connectivity index (χ0v) is 14.3. The lowest BCUT2D eigenvalue weighted by molar-refractivity contribution is -0.132. The van der Waals surface area contributed by atoms with Gasteiger partial charge in [-0.05, 0) is 19.3 Å². The van der Waals surface area contributed by atoms with E-state index in [0.717, 1.165) is 6.42 Å². The van der Waals surface area contributed by atoms with Crippen molar-refractivity contribution in [2.75, 3.05) is 0 Å². The molecule has 1 N–H and O–H groups in total. The van der Waals surface area contributed by atoms with E-state index < -0.39 is 5.97 Å². The molecule has 2 nitrogen and oxygen atoms in total. The number of carboxylic acids is 1. The van der Waals surface area contributed by atoms with Crippen LogP contribution in [-0.4, -0.2) is 11.1 Å². The molecular formula is C20H32O2. The van der Waals surface area contributed by atoms with E-state index in [4.69, 9.17) is 5.11 Å². The Labute approximate surface area is 136 Å². The normalized spacial score (nSPS) is 12.9. The lowest BCUT2D eigenvalue weighted by Crippen LogP contribution is -1.97. The molecule has 0 fully saturated rings. The Balaban J connectivity index is 3.66. The topological polar surface area (TPSA) is 37.3 Å². The largest absolute Gasteiger partial charge is 0.478 e. The van der Waals surface area contributed by atoms with E-state index in [1.807, 2.05) is 25.2 Å². The summed E-state index contributed by atoms with van der Waals surface area (Å²) in [5.74, 6) is -0.842. The van der Waals surface area contributed by atoms with Crippen LogP contribution in [0.1, 0.15) is 71.6 Å². The maximum atomic E-state index is 10.8. The standard InChI is InChI=1S/C20H32O2/c1-3-5-6-7-8-9-10-11-12-13-14-15-16-17-18-19(4-2)20(21)22/h12-18H,3-11H2,1-2H3,(H,21,22)/b13-12+,15-14+,17-16+,19-18+. The molecule has 0 amide bonds. The average Bonchev–Trinajstić information content (AvgIpc) is 2.51. The Kier molecular flexibility index (Phi) is 14.7. The van der Waals surface area contributed by atoms with Crippen molar-refractivity contribution >= 4 is 5.97 Å². The molecule has 0 aliphatic rings. The number of allylic oxidation sites excluding steroid dienone is 7. The first-order valence-electron chi connectivity index (χ1n) is 8.64. The van der Waals surface area contributed by atoms with Gasteiger partial charge in [-0.25, -0.2) is 4.79 Å². The van der Waals surface area contributed by atoms with Crippen molar-refractivity contribution in [2.45, 2.75) is 71.6 Å². The van der Waals surface area contributed by atoms with Crippen LogP contribution in [-0.2, 0) is 4.79 Å². The Morgan fingerprint density at radius 1 is 0.818 bits per heavy atom. The van der Waals surface area contributed by atoms with E-state index in [9.17, 15) is 4.79 Å². The maximum Gasteiger partial charge on any atom is 0.331 e. The fourth-order valence-electron chi connectivity index (χ4n) is 2.10. The molecule has 2 heteroatoms. The van der Waals surface area contributed by atoms with Crippen molar-refractivity contribution in [1.29, 1.82) is 0 Å². The number of hydrogen-bond acceptors (Lipinski definition) is 1. The van der Waals surface area contributed by atoms with E-state index in [1.54, 1.807) is 12.2 Å². The predicted molar refractivity (Wildman–Crippen MR) is 96.0 cm³/mol. The van der Waals surface area contributed by atoms with Gasteiger partial charge in [0.1, 0.15) is 0 Å². The van der Waals surface area contributed by atoms with Gasteiger partial charge in [0.25, 0.3) is 0 Å². The van der Waals surface area contributed by atoms with Crippen LogP contribution >= 0.6 is 0 Å². The molecule has 0 heterocycles. The highest BCUT2D eigenvalue weighted by Gasteiger charge is 2.00. The van der Waals surface area contributed by atoms with E-state index >= 15 is 0 Å². The minimum atomic E-state index is -0.842. The predicted octanol–water partition coefficient (Wildman–Crippen LogP) is 6.22. The fraction of sp³-hybridized carbons (Fsp3) is 0.550. The smallest absolute Gasteiger partial charge is 0.331 e. The van der Waals surface area contributed by atoms with E-state index in [-0.39, 0.29) is 0 Å². The summed E-state index contributed by atoms with van der Waals surface area (Å²) < 4.78 is 0. The molecule has 0 aromatic carbocycles. The Hall–Kier alpha value is -1.57. The second-order valence-corrected chi connectivity index (χ2v) is 5.46. The van der Waals surface area contributed by atoms with Crippen LogP contribution in [0.5, 0.6) is 0 Å². The van der Waals surface area contributed by atoms with E-state index in [2.05, 4.69) is 19.1 Å². The number of unbranched alkanes of at least 4 members (excludes halogenated alkanes) is 7. The SMILES string of the molecule is CCCCCCCCC/C=C/C=C/C=C/C=C(\CC)C(=O)O. The number of hydrogen-bond donors (Lipinski definition) is 1. The van der Waals surface area contributed by atoms with E-state index in [1.165, 1.54) is 44.9 Å². The molecule has 0 aliphatic heterocycles. The van der Waals surface area contributed by atoms with Gasteiger partial charge >= 0.3 is 5.97 Å². The summed E-state index contributed by atoms with van der Waals surface area (Å²) in [6, 6.07) is 0. The molecule has 0 aliphatic carbocycles. The highest BCUT2D eigenvalue weighted by atomic mass is 16.4. The van der Waals surface area contributed by atoms with Crippen LogP contribution in [0, 0.1) is 0 Å². The minimum Gasteiger partial charge on any atom is -0.478 e. The first kappa shape index (κ1) is 20.4. The lowest BCUT2D eigenvalue weighted by atomic mass is 10.1. The molecule has 0 saturated carbocycles. The molecule has 0 rings (SSSR count). The minimum absolute atomic E-state index is 0.430. The average molecular weight is 304 g/mol. The van der Waals surface area contributed by atoms with Crippen LogP contribution in [0.2, 0.25) is 0 Å². The third-order valence-electron chi connectivity index (χ3n) is 3.51. The maximum absolute atomic E-state index is 10.8. The van der Waals surface area contributed by atoms with Crippen molar-refractivity contribution in [3.63, 3.8) is 0 Å². The highest BCUT2D eigenvalue weighted by molar-refractivity contribution is 5.86. The summed E-state index contributed by atoms with van der Waals surface area (Å²) in [6.07, 6.45) is 24.5. The summed E-state index contributed by atoms with van der Waals surface area (Å²) in [7, 11) is 0. The third-order valence-corrected chi connectivity index (χ3v) is 3.51. The Bertz CT molecular complexity index is 387. The molecule has 0 saturated heterocycles. The fourth-order valence-corrected chi connectivity index (χ4v) is 2.10. The molecular weight excluding hydrogens is 272 g/mol. The summed E-state index contributed by atoms with van der Waals surface area (Å²) in [6.45, 7) is 4.09. The molecule has 0 bridgehead atoms. The molecule has 0 aromatic rings. The van der Waals surface area contributed by atoms with Crippen LogP contribution < -0.4 is 0 Å². The van der Waals surface area contributed by atoms with Crippen molar-refractivity contribution in [3.05, 3.63) is 48.1 Å². The molecule has 124 valence electrons. The number of carbonyl (C=O) groups is 1. The van der Waals surface area contributed by atoms with Crippen molar-refractivity contribution in [1.82, 2.24) is 0 Å². The van der Waals surface area contributed by atoms with Gasteiger partial charge in [0.05, 0.1) is 0 Å². The highest BCUT2D eigenvalue weighted by Crippen LogP contribution is 2.08. The molecule has 0 aromatic heterocycles. The monoisotopic (exact) mass is 304 g/mol. The second kappa shape index (κ2) is 15.8. The van der Waals surface area contributed by atoms with Crippen molar-refractivity contribution in [3.8, 4) is 0 Å². The van der Waals surface area contributed by atoms with Gasteiger partial charge in [0.2, 0.25) is 0 Å². The summed E-state index contributed by atoms with van der Waals surface area (Å²) in [5.41, 5.74) is 0.430. The van der Waals surface area contributed by atoms with Gasteiger partial charge in [-0.1, -0.05) is 94.9 Å². The van der Waals surface area contributed by atoms with Crippen LogP contribution in [0.15, 0.2) is 48.1 Å². The van der Waals surface area contributed by atoms with Gasteiger partial charge in [0.15, 0.2) is 0 Å². The number of carboxylic acid groups (broad SMARTS) is 1. The molecule has 22 heavy (non-hydrogen) atoms. The second-order valence-electron chi connectivity index (χ2n) is 5.46. The number of aliphatic carboxylic acids is 1. The third kappa shape index (κ3) is 13.4. The van der Waals surface area contributed by atoms with Crippen molar-refractivity contribution < 1.29 is 9.90 Å². The van der Waals surface area contributed by atoms with Gasteiger partial charge < -0.3 is 5.11 Å². The zero-order valence-electron chi connectivity index (χ0n) is 14.3. The number of rotatable bonds is 13. The molecule has 0 spiro atoms. The summed E-state index contributed by atoms with van der Waals surface area (Å²) in [4.78, 5) is 10.8. The van der Waals surface area contributed by atoms with Crippen LogP contribution in [0.25, 0.3) is 0 Å². The summed E-state index contributed by atoms with van der Waals surface area (Å²) in [5, 5.41) is 8.85. The van der Waals surface area contributed by atoms with Crippen LogP contribution in [0.4, 0.5) is 0 Å². The molecule has 0 unspecified atom stereocenters. The zero-order chi connectivity index (χ0) is 16.5. The van der Waals surface area contributed by atoms with Gasteiger partial charge in [-0.2, -0.15) is 0 Å².